The molecule has 1 aliphatic heterocycles. The first-order valence-electron chi connectivity index (χ1n) is 11.0. The van der Waals surface area contributed by atoms with Gasteiger partial charge in [-0.05, 0) is 38.8 Å². The third kappa shape index (κ3) is 7.22. The van der Waals surface area contributed by atoms with E-state index in [4.69, 9.17) is 14.5 Å². The predicted octanol–water partition coefficient (Wildman–Crippen LogP) is 2.49. The highest BCUT2D eigenvalue weighted by Crippen LogP contribution is 2.30. The van der Waals surface area contributed by atoms with Crippen molar-refractivity contribution in [3.05, 3.63) is 35.9 Å². The minimum absolute atomic E-state index is 0. The summed E-state index contributed by atoms with van der Waals surface area (Å²) in [4.78, 5) is 7.12. The molecule has 0 amide bonds. The van der Waals surface area contributed by atoms with Gasteiger partial charge in [0.25, 0.3) is 0 Å². The number of benzene rings is 1. The second kappa shape index (κ2) is 13.5. The van der Waals surface area contributed by atoms with Crippen LogP contribution in [0.4, 0.5) is 5.69 Å². The molecular weight excluding hydrogens is 521 g/mol. The lowest BCUT2D eigenvalue weighted by molar-refractivity contribution is 0.145. The van der Waals surface area contributed by atoms with Crippen molar-refractivity contribution in [2.75, 3.05) is 44.9 Å². The molecule has 1 aromatic carbocycles. The number of aliphatic imine (C=N–C) groups is 1. The number of nitrogens with zero attached hydrogens (tertiary/aromatic N) is 5. The number of guanidine groups is 1. The van der Waals surface area contributed by atoms with E-state index in [1.807, 2.05) is 43.7 Å². The number of hydrogen-bond donors (Lipinski definition) is 2. The summed E-state index contributed by atoms with van der Waals surface area (Å²) in [6, 6.07) is 8.46. The fourth-order valence-electron chi connectivity index (χ4n) is 3.60. The van der Waals surface area contributed by atoms with Crippen LogP contribution in [-0.4, -0.2) is 66.7 Å². The van der Waals surface area contributed by atoms with Gasteiger partial charge in [-0.25, -0.2) is 4.99 Å². The van der Waals surface area contributed by atoms with Gasteiger partial charge in [0.2, 0.25) is 0 Å². The van der Waals surface area contributed by atoms with Crippen LogP contribution in [0.2, 0.25) is 0 Å². The third-order valence-corrected chi connectivity index (χ3v) is 5.48. The Balaban J connectivity index is 0.00000363. The minimum atomic E-state index is 0. The standard InChI is InChI=1S/C22H35N7O2.HI/c1-5-31-14-8-12-23-22(24-15-21-27-26-17(2)28(21)3)25-18-11-13-29(16-18)19-9-6-7-10-20(19)30-4;/h6-7,9-10,18H,5,8,11-16H2,1-4H3,(H2,23,24,25);1H. The van der Waals surface area contributed by atoms with Gasteiger partial charge in [0.05, 0.1) is 12.8 Å². The summed E-state index contributed by atoms with van der Waals surface area (Å²) < 4.78 is 12.9. The van der Waals surface area contributed by atoms with E-state index in [2.05, 4.69) is 31.8 Å². The summed E-state index contributed by atoms with van der Waals surface area (Å²) in [5.41, 5.74) is 1.13. The van der Waals surface area contributed by atoms with E-state index in [-0.39, 0.29) is 24.0 Å². The Bertz CT molecular complexity index is 859. The molecule has 1 fully saturated rings. The summed E-state index contributed by atoms with van der Waals surface area (Å²) in [6.45, 7) is 8.57. The Morgan fingerprint density at radius 2 is 2.09 bits per heavy atom. The molecule has 32 heavy (non-hydrogen) atoms. The maximum absolute atomic E-state index is 5.53. The molecule has 1 aromatic heterocycles. The van der Waals surface area contributed by atoms with E-state index >= 15 is 0 Å². The fraction of sp³-hybridized carbons (Fsp3) is 0.591. The molecule has 1 unspecified atom stereocenters. The number of ether oxygens (including phenoxy) is 2. The number of aromatic nitrogens is 3. The number of hydrogen-bond acceptors (Lipinski definition) is 6. The van der Waals surface area contributed by atoms with Crippen LogP contribution in [0.15, 0.2) is 29.3 Å². The second-order valence-electron chi connectivity index (χ2n) is 7.61. The predicted molar refractivity (Wildman–Crippen MR) is 138 cm³/mol. The molecule has 0 spiro atoms. The van der Waals surface area contributed by atoms with Crippen molar-refractivity contribution >= 4 is 35.6 Å². The Morgan fingerprint density at radius 3 is 2.81 bits per heavy atom. The van der Waals surface area contributed by atoms with Crippen LogP contribution in [0.25, 0.3) is 0 Å². The van der Waals surface area contributed by atoms with E-state index < -0.39 is 0 Å². The Labute approximate surface area is 208 Å². The van der Waals surface area contributed by atoms with E-state index in [0.717, 1.165) is 74.7 Å². The molecule has 1 saturated heterocycles. The van der Waals surface area contributed by atoms with Gasteiger partial charge in [-0.1, -0.05) is 12.1 Å². The Hall–Kier alpha value is -2.08. The average Bonchev–Trinajstić information content (AvgIpc) is 3.38. The minimum Gasteiger partial charge on any atom is -0.495 e. The van der Waals surface area contributed by atoms with Gasteiger partial charge in [-0.15, -0.1) is 34.2 Å². The van der Waals surface area contributed by atoms with E-state index in [0.29, 0.717) is 12.6 Å². The molecular formula is C22H36IN7O2. The Morgan fingerprint density at radius 1 is 1.28 bits per heavy atom. The monoisotopic (exact) mass is 557 g/mol. The normalized spacial score (nSPS) is 16.1. The lowest BCUT2D eigenvalue weighted by Gasteiger charge is -2.22. The van der Waals surface area contributed by atoms with Crippen molar-refractivity contribution in [1.82, 2.24) is 25.4 Å². The highest BCUT2D eigenvalue weighted by Gasteiger charge is 2.25. The lowest BCUT2D eigenvalue weighted by Crippen LogP contribution is -2.45. The molecule has 2 heterocycles. The van der Waals surface area contributed by atoms with Gasteiger partial charge in [0.15, 0.2) is 11.8 Å². The van der Waals surface area contributed by atoms with Crippen LogP contribution in [-0.2, 0) is 18.3 Å². The molecule has 9 nitrogen and oxygen atoms in total. The molecule has 0 radical (unpaired) electrons. The summed E-state index contributed by atoms with van der Waals surface area (Å²) in [6.07, 6.45) is 1.95. The van der Waals surface area contributed by atoms with E-state index in [1.54, 1.807) is 7.11 Å². The summed E-state index contributed by atoms with van der Waals surface area (Å²) in [7, 11) is 3.68. The second-order valence-corrected chi connectivity index (χ2v) is 7.61. The molecule has 0 bridgehead atoms. The molecule has 2 aromatic rings. The Kier molecular flexibility index (Phi) is 11.0. The SMILES string of the molecule is CCOCCCNC(=NCc1nnc(C)n1C)NC1CCN(c2ccccc2OC)C1.I. The van der Waals surface area contributed by atoms with Crippen molar-refractivity contribution in [2.45, 2.75) is 39.3 Å². The first-order valence-corrected chi connectivity index (χ1v) is 11.0. The van der Waals surface area contributed by atoms with Crippen LogP contribution in [0.1, 0.15) is 31.4 Å². The maximum Gasteiger partial charge on any atom is 0.191 e. The quantitative estimate of drug-likeness (QED) is 0.201. The largest absolute Gasteiger partial charge is 0.495 e. The molecule has 1 atom stereocenters. The first kappa shape index (κ1) is 26.2. The van der Waals surface area contributed by atoms with E-state index in [1.165, 1.54) is 0 Å². The van der Waals surface area contributed by atoms with Crippen molar-refractivity contribution in [2.24, 2.45) is 12.0 Å². The zero-order valence-electron chi connectivity index (χ0n) is 19.5. The molecule has 2 N–H and O–H groups in total. The smallest absolute Gasteiger partial charge is 0.191 e. The van der Waals surface area contributed by atoms with Gasteiger partial charge in [0, 0.05) is 45.9 Å². The van der Waals surface area contributed by atoms with Gasteiger partial charge in [0.1, 0.15) is 18.1 Å². The number of methoxy groups -OCH3 is 1. The van der Waals surface area contributed by atoms with Crippen LogP contribution >= 0.6 is 24.0 Å². The number of aryl methyl sites for hydroxylation is 1. The van der Waals surface area contributed by atoms with Gasteiger partial charge >= 0.3 is 0 Å². The van der Waals surface area contributed by atoms with Crippen LogP contribution in [0.3, 0.4) is 0 Å². The summed E-state index contributed by atoms with van der Waals surface area (Å²) in [5, 5.41) is 15.4. The summed E-state index contributed by atoms with van der Waals surface area (Å²) >= 11 is 0. The van der Waals surface area contributed by atoms with E-state index in [9.17, 15) is 0 Å². The number of rotatable bonds is 10. The number of nitrogens with one attached hydrogen (secondary N) is 2. The van der Waals surface area contributed by atoms with Crippen molar-refractivity contribution in [3.63, 3.8) is 0 Å². The van der Waals surface area contributed by atoms with Gasteiger partial charge in [-0.2, -0.15) is 0 Å². The average molecular weight is 557 g/mol. The first-order chi connectivity index (χ1) is 15.1. The molecule has 178 valence electrons. The highest BCUT2D eigenvalue weighted by molar-refractivity contribution is 14.0. The maximum atomic E-state index is 5.53. The van der Waals surface area contributed by atoms with Gasteiger partial charge in [-0.3, -0.25) is 0 Å². The number of halogens is 1. The molecule has 0 saturated carbocycles. The number of para-hydroxylation sites is 2. The third-order valence-electron chi connectivity index (χ3n) is 5.48. The lowest BCUT2D eigenvalue weighted by atomic mass is 10.2. The topological polar surface area (TPSA) is 88.8 Å². The molecule has 10 heteroatoms. The molecule has 1 aliphatic rings. The molecule has 3 rings (SSSR count). The van der Waals surface area contributed by atoms with Crippen molar-refractivity contribution < 1.29 is 9.47 Å². The molecule has 0 aliphatic carbocycles. The van der Waals surface area contributed by atoms with Crippen molar-refractivity contribution in [1.29, 1.82) is 0 Å². The van der Waals surface area contributed by atoms with Gasteiger partial charge < -0.3 is 29.6 Å². The highest BCUT2D eigenvalue weighted by atomic mass is 127. The zero-order valence-corrected chi connectivity index (χ0v) is 21.8. The zero-order chi connectivity index (χ0) is 22.1. The van der Waals surface area contributed by atoms with Crippen molar-refractivity contribution in [3.8, 4) is 5.75 Å². The number of anilines is 1. The fourth-order valence-corrected chi connectivity index (χ4v) is 3.60. The van der Waals surface area contributed by atoms with Crippen LogP contribution in [0, 0.1) is 6.92 Å². The van der Waals surface area contributed by atoms with Crippen LogP contribution in [0.5, 0.6) is 5.75 Å². The van der Waals surface area contributed by atoms with Crippen LogP contribution < -0.4 is 20.3 Å². The summed E-state index contributed by atoms with van der Waals surface area (Å²) in [5.74, 6) is 3.43.